The molecule has 0 radical (unpaired) electrons. The maximum Gasteiger partial charge on any atom is 0.250 e. The fraction of sp³-hybridized carbons (Fsp3) is 0.200. The molecular formula is C35H35N5OS. The highest BCUT2D eigenvalue weighted by Gasteiger charge is 2.19. The molecule has 0 unspecified atom stereocenters. The summed E-state index contributed by atoms with van der Waals surface area (Å²) in [5.74, 6) is 0.668. The molecule has 0 atom stereocenters. The number of hydrazone groups is 1. The maximum absolute atomic E-state index is 12.8. The Labute approximate surface area is 251 Å². The van der Waals surface area contributed by atoms with Crippen LogP contribution in [0.5, 0.6) is 0 Å². The van der Waals surface area contributed by atoms with Crippen LogP contribution in [0.2, 0.25) is 0 Å². The molecule has 0 aliphatic heterocycles. The summed E-state index contributed by atoms with van der Waals surface area (Å²) in [5.41, 5.74) is 11.1. The minimum Gasteiger partial charge on any atom is -0.272 e. The highest BCUT2D eigenvalue weighted by atomic mass is 32.2. The molecule has 5 aromatic rings. The van der Waals surface area contributed by atoms with E-state index in [2.05, 4.69) is 109 Å². The van der Waals surface area contributed by atoms with Crippen LogP contribution in [0, 0.1) is 6.92 Å². The van der Waals surface area contributed by atoms with Crippen molar-refractivity contribution in [2.75, 3.05) is 5.75 Å². The van der Waals surface area contributed by atoms with Gasteiger partial charge in [-0.15, -0.1) is 10.2 Å². The second-order valence-electron chi connectivity index (χ2n) is 11.3. The van der Waals surface area contributed by atoms with Gasteiger partial charge in [-0.2, -0.15) is 5.10 Å². The van der Waals surface area contributed by atoms with E-state index in [1.807, 2.05) is 54.0 Å². The van der Waals surface area contributed by atoms with Crippen LogP contribution >= 0.6 is 11.8 Å². The molecule has 0 bridgehead atoms. The third-order valence-corrected chi connectivity index (χ3v) is 7.95. The molecule has 7 heteroatoms. The third kappa shape index (κ3) is 6.86. The Balaban J connectivity index is 1.30. The number of carbonyl (C=O) groups is 1. The highest BCUT2D eigenvalue weighted by molar-refractivity contribution is 7.99. The lowest BCUT2D eigenvalue weighted by molar-refractivity contribution is -0.118. The number of amides is 1. The van der Waals surface area contributed by atoms with Crippen molar-refractivity contribution in [3.05, 3.63) is 120 Å². The Morgan fingerprint density at radius 1 is 0.810 bits per heavy atom. The van der Waals surface area contributed by atoms with E-state index in [0.29, 0.717) is 5.16 Å². The van der Waals surface area contributed by atoms with Crippen LogP contribution in [0.15, 0.2) is 113 Å². The molecule has 0 fully saturated rings. The summed E-state index contributed by atoms with van der Waals surface area (Å²) < 4.78 is 2.01. The van der Waals surface area contributed by atoms with Gasteiger partial charge in [0.05, 0.1) is 11.5 Å². The van der Waals surface area contributed by atoms with Gasteiger partial charge in [-0.05, 0) is 53.6 Å². The standard InChI is InChI=1S/C35H35N5OS/c1-24-11-21-31(22-12-24)40-33(29-17-19-30(20-18-29)35(3,4)5)38-39-34(40)42-23-32(41)37-36-25(2)26-13-15-28(16-14-26)27-9-7-6-8-10-27/h6-22H,23H2,1-5H3,(H,37,41)/b36-25+. The van der Waals surface area contributed by atoms with E-state index in [0.717, 1.165) is 39.5 Å². The van der Waals surface area contributed by atoms with Gasteiger partial charge in [0.15, 0.2) is 11.0 Å². The Bertz CT molecular complexity index is 1680. The zero-order chi connectivity index (χ0) is 29.7. The molecule has 1 aromatic heterocycles. The number of benzene rings is 4. The maximum atomic E-state index is 12.8. The average Bonchev–Trinajstić information content (AvgIpc) is 3.43. The molecule has 0 saturated carbocycles. The van der Waals surface area contributed by atoms with Gasteiger partial charge in [0.1, 0.15) is 0 Å². The molecule has 0 aliphatic rings. The highest BCUT2D eigenvalue weighted by Crippen LogP contribution is 2.30. The molecule has 6 nitrogen and oxygen atoms in total. The molecule has 5 rings (SSSR count). The first-order valence-corrected chi connectivity index (χ1v) is 14.9. The van der Waals surface area contributed by atoms with Crippen LogP contribution < -0.4 is 5.43 Å². The lowest BCUT2D eigenvalue weighted by Gasteiger charge is -2.19. The minimum absolute atomic E-state index is 0.0595. The van der Waals surface area contributed by atoms with Crippen molar-refractivity contribution >= 4 is 23.4 Å². The van der Waals surface area contributed by atoms with Gasteiger partial charge in [-0.1, -0.05) is 129 Å². The van der Waals surface area contributed by atoms with Crippen molar-refractivity contribution in [1.29, 1.82) is 0 Å². The predicted octanol–water partition coefficient (Wildman–Crippen LogP) is 7.84. The van der Waals surface area contributed by atoms with E-state index in [1.54, 1.807) is 0 Å². The summed E-state index contributed by atoms with van der Waals surface area (Å²) in [6.07, 6.45) is 0. The number of aryl methyl sites for hydroxylation is 1. The van der Waals surface area contributed by atoms with Crippen molar-refractivity contribution in [3.8, 4) is 28.2 Å². The van der Waals surface area contributed by atoms with Gasteiger partial charge < -0.3 is 0 Å². The zero-order valence-electron chi connectivity index (χ0n) is 24.6. The molecule has 1 heterocycles. The Morgan fingerprint density at radius 3 is 2.07 bits per heavy atom. The largest absolute Gasteiger partial charge is 0.272 e. The molecule has 4 aromatic carbocycles. The van der Waals surface area contributed by atoms with E-state index in [4.69, 9.17) is 0 Å². The van der Waals surface area contributed by atoms with E-state index >= 15 is 0 Å². The van der Waals surface area contributed by atoms with E-state index in [1.165, 1.54) is 22.9 Å². The smallest absolute Gasteiger partial charge is 0.250 e. The number of thioether (sulfide) groups is 1. The van der Waals surface area contributed by atoms with E-state index < -0.39 is 0 Å². The van der Waals surface area contributed by atoms with E-state index in [9.17, 15) is 4.79 Å². The summed E-state index contributed by atoms with van der Waals surface area (Å²) in [7, 11) is 0. The number of hydrogen-bond acceptors (Lipinski definition) is 5. The molecule has 0 spiro atoms. The van der Waals surface area contributed by atoms with Crippen LogP contribution in [0.4, 0.5) is 0 Å². The van der Waals surface area contributed by atoms with Crippen LogP contribution in [0.3, 0.4) is 0 Å². The second kappa shape index (κ2) is 12.6. The Morgan fingerprint density at radius 2 is 1.43 bits per heavy atom. The molecule has 0 aliphatic carbocycles. The number of hydrogen-bond donors (Lipinski definition) is 1. The van der Waals surface area contributed by atoms with Crippen LogP contribution in [-0.4, -0.2) is 32.1 Å². The fourth-order valence-corrected chi connectivity index (χ4v) is 5.25. The number of nitrogens with zero attached hydrogens (tertiary/aromatic N) is 4. The topological polar surface area (TPSA) is 72.2 Å². The monoisotopic (exact) mass is 573 g/mol. The van der Waals surface area contributed by atoms with Crippen LogP contribution in [0.1, 0.15) is 44.4 Å². The number of rotatable bonds is 8. The van der Waals surface area contributed by atoms with Crippen molar-refractivity contribution in [3.63, 3.8) is 0 Å². The zero-order valence-corrected chi connectivity index (χ0v) is 25.4. The predicted molar refractivity (Wildman–Crippen MR) is 173 cm³/mol. The van der Waals surface area contributed by atoms with Crippen LogP contribution in [-0.2, 0) is 10.2 Å². The van der Waals surface area contributed by atoms with Crippen molar-refractivity contribution in [2.24, 2.45) is 5.10 Å². The van der Waals surface area contributed by atoms with E-state index in [-0.39, 0.29) is 17.1 Å². The molecule has 212 valence electrons. The number of carbonyl (C=O) groups excluding carboxylic acids is 1. The molecular weight excluding hydrogens is 538 g/mol. The molecule has 42 heavy (non-hydrogen) atoms. The van der Waals surface area contributed by atoms with Gasteiger partial charge in [0.25, 0.3) is 5.91 Å². The summed E-state index contributed by atoms with van der Waals surface area (Å²) >= 11 is 1.33. The Hall–Kier alpha value is -4.49. The second-order valence-corrected chi connectivity index (χ2v) is 12.2. The quantitative estimate of drug-likeness (QED) is 0.117. The van der Waals surface area contributed by atoms with Crippen LogP contribution in [0.25, 0.3) is 28.2 Å². The number of aromatic nitrogens is 3. The first kappa shape index (κ1) is 29.0. The van der Waals surface area contributed by atoms with Gasteiger partial charge in [0, 0.05) is 11.3 Å². The molecule has 1 amide bonds. The summed E-state index contributed by atoms with van der Waals surface area (Å²) in [6, 6.07) is 35.0. The lowest BCUT2D eigenvalue weighted by atomic mass is 9.87. The minimum atomic E-state index is -0.213. The average molecular weight is 574 g/mol. The fourth-order valence-electron chi connectivity index (χ4n) is 4.50. The summed E-state index contributed by atoms with van der Waals surface area (Å²) in [4.78, 5) is 12.8. The SMILES string of the molecule is C/C(=N\NC(=O)CSc1nnc(-c2ccc(C(C)(C)C)cc2)n1-c1ccc(C)cc1)c1ccc(-c2ccccc2)cc1. The lowest BCUT2D eigenvalue weighted by Crippen LogP contribution is -2.21. The number of nitrogens with one attached hydrogen (secondary N) is 1. The van der Waals surface area contributed by atoms with Crippen molar-refractivity contribution in [2.45, 2.75) is 45.2 Å². The van der Waals surface area contributed by atoms with Gasteiger partial charge in [0.2, 0.25) is 0 Å². The van der Waals surface area contributed by atoms with Crippen molar-refractivity contribution < 1.29 is 4.79 Å². The van der Waals surface area contributed by atoms with Gasteiger partial charge >= 0.3 is 0 Å². The van der Waals surface area contributed by atoms with Crippen molar-refractivity contribution in [1.82, 2.24) is 20.2 Å². The summed E-state index contributed by atoms with van der Waals surface area (Å²) in [5, 5.41) is 14.0. The first-order valence-electron chi connectivity index (χ1n) is 13.9. The van der Waals surface area contributed by atoms with Gasteiger partial charge in [-0.3, -0.25) is 9.36 Å². The normalized spacial score (nSPS) is 11.9. The first-order chi connectivity index (χ1) is 20.2. The third-order valence-electron chi connectivity index (χ3n) is 7.03. The Kier molecular flexibility index (Phi) is 8.69. The van der Waals surface area contributed by atoms with Gasteiger partial charge in [-0.25, -0.2) is 5.43 Å². The molecule has 0 saturated heterocycles. The summed E-state index contributed by atoms with van der Waals surface area (Å²) in [6.45, 7) is 10.5. The molecule has 1 N–H and O–H groups in total.